The van der Waals surface area contributed by atoms with Gasteiger partial charge in [-0.3, -0.25) is 0 Å². The average Bonchev–Trinajstić information content (AvgIpc) is 2.57. The van der Waals surface area contributed by atoms with Crippen LogP contribution in [-0.2, 0) is 14.9 Å². The summed E-state index contributed by atoms with van der Waals surface area (Å²) >= 11 is 0. The lowest BCUT2D eigenvalue weighted by Crippen LogP contribution is -2.29. The predicted octanol–water partition coefficient (Wildman–Crippen LogP) is 6.21. The van der Waals surface area contributed by atoms with E-state index in [1.165, 1.54) is 24.8 Å². The molecule has 148 valence electrons. The van der Waals surface area contributed by atoms with Gasteiger partial charge in [-0.05, 0) is 48.9 Å². The molecule has 0 aromatic heterocycles. The van der Waals surface area contributed by atoms with Crippen LogP contribution in [0.25, 0.3) is 0 Å². The Morgan fingerprint density at radius 2 is 1.73 bits per heavy atom. The molecule has 26 heavy (non-hydrogen) atoms. The van der Waals surface area contributed by atoms with E-state index in [1.54, 1.807) is 7.11 Å². The number of hydrogen-bond acceptors (Lipinski definition) is 3. The first-order valence-electron chi connectivity index (χ1n) is 9.96. The summed E-state index contributed by atoms with van der Waals surface area (Å²) in [6.07, 6.45) is 6.60. The van der Waals surface area contributed by atoms with E-state index in [-0.39, 0.29) is 17.0 Å². The maximum absolute atomic E-state index is 12.4. The summed E-state index contributed by atoms with van der Waals surface area (Å²) in [7, 11) is 1.75. The highest BCUT2D eigenvalue weighted by Crippen LogP contribution is 2.27. The fourth-order valence-electron chi connectivity index (χ4n) is 3.33. The molecule has 0 aliphatic heterocycles. The van der Waals surface area contributed by atoms with E-state index in [9.17, 15) is 4.79 Å². The van der Waals surface area contributed by atoms with Gasteiger partial charge in [-0.25, -0.2) is 4.79 Å². The van der Waals surface area contributed by atoms with E-state index in [0.717, 1.165) is 24.8 Å². The molecule has 0 aliphatic rings. The SMILES string of the molecule is CCCCCCC(C)(CCOC(=O)c1ccc(C(C)(C)C)c(C)c1)OC. The van der Waals surface area contributed by atoms with Crippen LogP contribution in [0, 0.1) is 6.92 Å². The maximum atomic E-state index is 12.4. The number of unbranched alkanes of at least 4 members (excludes halogenated alkanes) is 3. The zero-order valence-electron chi connectivity index (χ0n) is 17.9. The number of methoxy groups -OCH3 is 1. The molecule has 1 unspecified atom stereocenters. The first-order chi connectivity index (χ1) is 12.1. The maximum Gasteiger partial charge on any atom is 0.338 e. The van der Waals surface area contributed by atoms with E-state index in [1.807, 2.05) is 18.2 Å². The Morgan fingerprint density at radius 3 is 2.27 bits per heavy atom. The molecule has 0 bridgehead atoms. The summed E-state index contributed by atoms with van der Waals surface area (Å²) in [6.45, 7) is 13.3. The number of rotatable bonds is 10. The Bertz CT molecular complexity index is 571. The lowest BCUT2D eigenvalue weighted by atomic mass is 9.83. The number of aryl methyl sites for hydroxylation is 1. The topological polar surface area (TPSA) is 35.5 Å². The van der Waals surface area contributed by atoms with Crippen LogP contribution in [0.5, 0.6) is 0 Å². The van der Waals surface area contributed by atoms with Gasteiger partial charge in [-0.2, -0.15) is 0 Å². The van der Waals surface area contributed by atoms with Crippen LogP contribution in [0.3, 0.4) is 0 Å². The van der Waals surface area contributed by atoms with Gasteiger partial charge in [-0.1, -0.05) is 59.4 Å². The summed E-state index contributed by atoms with van der Waals surface area (Å²) < 4.78 is 11.2. The molecule has 0 aliphatic carbocycles. The number of esters is 1. The van der Waals surface area contributed by atoms with Crippen LogP contribution in [0.1, 0.15) is 94.6 Å². The van der Waals surface area contributed by atoms with Crippen LogP contribution < -0.4 is 0 Å². The van der Waals surface area contributed by atoms with Gasteiger partial charge in [0.2, 0.25) is 0 Å². The molecular weight excluding hydrogens is 324 g/mol. The molecule has 1 atom stereocenters. The highest BCUT2D eigenvalue weighted by molar-refractivity contribution is 5.89. The zero-order chi connectivity index (χ0) is 19.8. The molecule has 0 spiro atoms. The van der Waals surface area contributed by atoms with Crippen molar-refractivity contribution in [3.05, 3.63) is 34.9 Å². The Labute approximate surface area is 160 Å². The van der Waals surface area contributed by atoms with Crippen molar-refractivity contribution in [3.8, 4) is 0 Å². The van der Waals surface area contributed by atoms with Crippen molar-refractivity contribution in [1.82, 2.24) is 0 Å². The van der Waals surface area contributed by atoms with Crippen molar-refractivity contribution in [1.29, 1.82) is 0 Å². The van der Waals surface area contributed by atoms with Crippen molar-refractivity contribution in [2.75, 3.05) is 13.7 Å². The summed E-state index contributed by atoms with van der Waals surface area (Å²) in [6, 6.07) is 5.85. The Hall–Kier alpha value is -1.35. The molecule has 0 saturated heterocycles. The highest BCUT2D eigenvalue weighted by Gasteiger charge is 2.24. The molecule has 3 heteroatoms. The zero-order valence-corrected chi connectivity index (χ0v) is 17.9. The quantitative estimate of drug-likeness (QED) is 0.366. The molecule has 0 saturated carbocycles. The Balaban J connectivity index is 2.56. The number of ether oxygens (including phenoxy) is 2. The number of carbonyl (C=O) groups is 1. The second kappa shape index (κ2) is 10.1. The largest absolute Gasteiger partial charge is 0.462 e. The van der Waals surface area contributed by atoms with E-state index < -0.39 is 0 Å². The fraction of sp³-hybridized carbons (Fsp3) is 0.696. The fourth-order valence-corrected chi connectivity index (χ4v) is 3.33. The lowest BCUT2D eigenvalue weighted by molar-refractivity contribution is -0.0262. The third-order valence-corrected chi connectivity index (χ3v) is 5.19. The minimum Gasteiger partial charge on any atom is -0.462 e. The first kappa shape index (κ1) is 22.7. The van der Waals surface area contributed by atoms with Crippen LogP contribution >= 0.6 is 0 Å². The van der Waals surface area contributed by atoms with Gasteiger partial charge in [0.05, 0.1) is 17.8 Å². The van der Waals surface area contributed by atoms with Crippen LogP contribution in [-0.4, -0.2) is 25.3 Å². The van der Waals surface area contributed by atoms with Gasteiger partial charge >= 0.3 is 5.97 Å². The van der Waals surface area contributed by atoms with Crippen LogP contribution in [0.2, 0.25) is 0 Å². The highest BCUT2D eigenvalue weighted by atomic mass is 16.5. The van der Waals surface area contributed by atoms with Crippen LogP contribution in [0.15, 0.2) is 18.2 Å². The van der Waals surface area contributed by atoms with E-state index in [0.29, 0.717) is 12.2 Å². The second-order valence-electron chi connectivity index (χ2n) is 8.63. The standard InChI is InChI=1S/C23H38O3/c1-8-9-10-11-14-23(6,25-7)15-16-26-21(24)19-12-13-20(18(2)17-19)22(3,4)5/h12-13,17H,8-11,14-16H2,1-7H3. The Morgan fingerprint density at radius 1 is 1.04 bits per heavy atom. The minimum atomic E-state index is -0.252. The smallest absolute Gasteiger partial charge is 0.338 e. The van der Waals surface area contributed by atoms with Crippen molar-refractivity contribution in [2.24, 2.45) is 0 Å². The van der Waals surface area contributed by atoms with Crippen molar-refractivity contribution in [2.45, 2.75) is 91.1 Å². The van der Waals surface area contributed by atoms with Crippen molar-refractivity contribution >= 4 is 5.97 Å². The second-order valence-corrected chi connectivity index (χ2v) is 8.63. The average molecular weight is 363 g/mol. The monoisotopic (exact) mass is 362 g/mol. The number of carbonyl (C=O) groups excluding carboxylic acids is 1. The number of hydrogen-bond donors (Lipinski definition) is 0. The molecule has 0 fully saturated rings. The molecule has 1 aromatic carbocycles. The van der Waals surface area contributed by atoms with Gasteiger partial charge in [-0.15, -0.1) is 0 Å². The van der Waals surface area contributed by atoms with E-state index in [4.69, 9.17) is 9.47 Å². The van der Waals surface area contributed by atoms with Crippen molar-refractivity contribution in [3.63, 3.8) is 0 Å². The van der Waals surface area contributed by atoms with Crippen molar-refractivity contribution < 1.29 is 14.3 Å². The molecule has 1 aromatic rings. The predicted molar refractivity (Wildman–Crippen MR) is 109 cm³/mol. The summed E-state index contributed by atoms with van der Waals surface area (Å²) in [5.41, 5.74) is 2.86. The molecule has 1 rings (SSSR count). The van der Waals surface area contributed by atoms with Gasteiger partial charge in [0.25, 0.3) is 0 Å². The normalized spacial score (nSPS) is 14.1. The van der Waals surface area contributed by atoms with Gasteiger partial charge in [0.15, 0.2) is 0 Å². The Kier molecular flexibility index (Phi) is 8.82. The van der Waals surface area contributed by atoms with E-state index >= 15 is 0 Å². The molecule has 0 N–H and O–H groups in total. The summed E-state index contributed by atoms with van der Waals surface area (Å²) in [5.74, 6) is -0.252. The minimum absolute atomic E-state index is 0.0740. The third kappa shape index (κ3) is 7.11. The molecule has 3 nitrogen and oxygen atoms in total. The van der Waals surface area contributed by atoms with Gasteiger partial charge in [0.1, 0.15) is 0 Å². The number of benzene rings is 1. The van der Waals surface area contributed by atoms with Gasteiger partial charge in [0, 0.05) is 13.5 Å². The third-order valence-electron chi connectivity index (χ3n) is 5.19. The van der Waals surface area contributed by atoms with Crippen LogP contribution in [0.4, 0.5) is 0 Å². The first-order valence-corrected chi connectivity index (χ1v) is 9.96. The molecule has 0 radical (unpaired) electrons. The summed E-state index contributed by atoms with van der Waals surface area (Å²) in [4.78, 5) is 12.4. The summed E-state index contributed by atoms with van der Waals surface area (Å²) in [5, 5.41) is 0. The molecule has 0 heterocycles. The molecule has 0 amide bonds. The molecular formula is C23H38O3. The lowest BCUT2D eigenvalue weighted by Gasteiger charge is -2.28. The van der Waals surface area contributed by atoms with E-state index in [2.05, 4.69) is 41.5 Å². The van der Waals surface area contributed by atoms with Gasteiger partial charge < -0.3 is 9.47 Å².